The number of aryl methyl sites for hydroxylation is 1. The first-order valence-corrected chi connectivity index (χ1v) is 9.39. The molecule has 1 aliphatic rings. The number of amides is 2. The van der Waals surface area contributed by atoms with Crippen LogP contribution in [0, 0.1) is 0 Å². The number of anilines is 1. The van der Waals surface area contributed by atoms with Gasteiger partial charge < -0.3 is 15.4 Å². The minimum absolute atomic E-state index is 0.222. The number of fused-ring (bicyclic) bond motifs is 2. The van der Waals surface area contributed by atoms with Crippen LogP contribution in [0.25, 0.3) is 0 Å². The second-order valence-corrected chi connectivity index (χ2v) is 7.22. The van der Waals surface area contributed by atoms with Crippen molar-refractivity contribution >= 4 is 28.8 Å². The maximum atomic E-state index is 12.5. The third-order valence-corrected chi connectivity index (χ3v) is 5.31. The Labute approximate surface area is 160 Å². The van der Waals surface area contributed by atoms with E-state index in [-0.39, 0.29) is 11.8 Å². The highest BCUT2D eigenvalue weighted by Gasteiger charge is 2.21. The van der Waals surface area contributed by atoms with Gasteiger partial charge in [-0.3, -0.25) is 9.59 Å². The van der Waals surface area contributed by atoms with Gasteiger partial charge in [0.15, 0.2) is 5.75 Å². The summed E-state index contributed by atoms with van der Waals surface area (Å²) in [6.07, 6.45) is 2.66. The van der Waals surface area contributed by atoms with E-state index in [1.165, 1.54) is 0 Å². The lowest BCUT2D eigenvalue weighted by Crippen LogP contribution is -2.22. The van der Waals surface area contributed by atoms with Crippen LogP contribution in [0.15, 0.2) is 48.7 Å². The molecule has 0 spiro atoms. The minimum Gasteiger partial charge on any atom is -0.454 e. The number of hydrogen-bond acceptors (Lipinski definition) is 5. The Kier molecular flexibility index (Phi) is 4.60. The third kappa shape index (κ3) is 3.54. The largest absolute Gasteiger partial charge is 0.454 e. The lowest BCUT2D eigenvalue weighted by atomic mass is 10.1. The SMILES string of the molecule is CCc1ncc(CNC(=O)c2ccc3c(c2)NC(=O)c2ccccc2O3)s1. The number of nitrogens with one attached hydrogen (secondary N) is 2. The van der Waals surface area contributed by atoms with Crippen LogP contribution in [-0.4, -0.2) is 16.8 Å². The summed E-state index contributed by atoms with van der Waals surface area (Å²) in [7, 11) is 0. The number of nitrogens with zero attached hydrogens (tertiary/aromatic N) is 1. The molecule has 2 aromatic carbocycles. The molecule has 0 saturated carbocycles. The molecule has 3 aromatic rings. The molecule has 7 heteroatoms. The topological polar surface area (TPSA) is 80.3 Å². The molecule has 4 rings (SSSR count). The van der Waals surface area contributed by atoms with Crippen molar-refractivity contribution in [2.45, 2.75) is 19.9 Å². The summed E-state index contributed by atoms with van der Waals surface area (Å²) in [5.74, 6) is 0.502. The number of rotatable bonds is 4. The Bertz CT molecular complexity index is 1030. The van der Waals surface area contributed by atoms with Gasteiger partial charge in [0.1, 0.15) is 5.75 Å². The van der Waals surface area contributed by atoms with Gasteiger partial charge >= 0.3 is 0 Å². The zero-order chi connectivity index (χ0) is 18.8. The highest BCUT2D eigenvalue weighted by atomic mass is 32.1. The van der Waals surface area contributed by atoms with Crippen LogP contribution in [0.1, 0.15) is 37.5 Å². The number of para-hydroxylation sites is 1. The van der Waals surface area contributed by atoms with Crippen LogP contribution in [0.3, 0.4) is 0 Å². The first-order chi connectivity index (χ1) is 13.1. The lowest BCUT2D eigenvalue weighted by Gasteiger charge is -2.10. The zero-order valence-corrected chi connectivity index (χ0v) is 15.4. The smallest absolute Gasteiger partial charge is 0.259 e. The van der Waals surface area contributed by atoms with Crippen LogP contribution in [0.5, 0.6) is 11.5 Å². The van der Waals surface area contributed by atoms with Gasteiger partial charge in [-0.2, -0.15) is 0 Å². The van der Waals surface area contributed by atoms with Crippen LogP contribution in [-0.2, 0) is 13.0 Å². The molecule has 0 fully saturated rings. The molecule has 2 amide bonds. The van der Waals surface area contributed by atoms with Gasteiger partial charge in [-0.15, -0.1) is 11.3 Å². The third-order valence-electron chi connectivity index (χ3n) is 4.17. The maximum absolute atomic E-state index is 12.5. The van der Waals surface area contributed by atoms with E-state index in [0.29, 0.717) is 34.9 Å². The van der Waals surface area contributed by atoms with Crippen molar-refractivity contribution in [3.05, 3.63) is 69.7 Å². The number of ether oxygens (including phenoxy) is 1. The van der Waals surface area contributed by atoms with E-state index < -0.39 is 0 Å². The summed E-state index contributed by atoms with van der Waals surface area (Å²) in [6, 6.07) is 12.0. The monoisotopic (exact) mass is 379 g/mol. The summed E-state index contributed by atoms with van der Waals surface area (Å²) in [5.41, 5.74) is 1.37. The van der Waals surface area contributed by atoms with Gasteiger partial charge in [-0.1, -0.05) is 19.1 Å². The Balaban J connectivity index is 1.52. The zero-order valence-electron chi connectivity index (χ0n) is 14.6. The standard InChI is InChI=1S/C20H17N3O3S/c1-2-18-21-10-13(27-18)11-22-19(24)12-7-8-17-15(9-12)23-20(25)14-5-3-4-6-16(14)26-17/h3-10H,2,11H2,1H3,(H,22,24)(H,23,25). The summed E-state index contributed by atoms with van der Waals surface area (Å²) < 4.78 is 5.83. The fourth-order valence-corrected chi connectivity index (χ4v) is 3.57. The summed E-state index contributed by atoms with van der Waals surface area (Å²) in [6.45, 7) is 2.47. The molecule has 0 saturated heterocycles. The summed E-state index contributed by atoms with van der Waals surface area (Å²) in [5, 5.41) is 6.73. The molecular weight excluding hydrogens is 362 g/mol. The number of benzene rings is 2. The molecule has 2 N–H and O–H groups in total. The summed E-state index contributed by atoms with van der Waals surface area (Å²) >= 11 is 1.59. The fourth-order valence-electron chi connectivity index (χ4n) is 2.77. The van der Waals surface area contributed by atoms with Crippen LogP contribution >= 0.6 is 11.3 Å². The second kappa shape index (κ2) is 7.20. The Hall–Kier alpha value is -3.19. The van der Waals surface area contributed by atoms with E-state index in [2.05, 4.69) is 15.6 Å². The highest BCUT2D eigenvalue weighted by Crippen LogP contribution is 2.36. The lowest BCUT2D eigenvalue weighted by molar-refractivity contribution is 0.0950. The van der Waals surface area contributed by atoms with Gasteiger partial charge in [-0.05, 0) is 36.8 Å². The average molecular weight is 379 g/mol. The first-order valence-electron chi connectivity index (χ1n) is 8.58. The fraction of sp³-hybridized carbons (Fsp3) is 0.150. The molecule has 0 radical (unpaired) electrons. The van der Waals surface area contributed by atoms with Crippen molar-refractivity contribution in [1.82, 2.24) is 10.3 Å². The van der Waals surface area contributed by atoms with Gasteiger partial charge in [0, 0.05) is 16.6 Å². The van der Waals surface area contributed by atoms with E-state index in [1.54, 1.807) is 53.9 Å². The normalized spacial score (nSPS) is 12.3. The van der Waals surface area contributed by atoms with Crippen molar-refractivity contribution in [2.75, 3.05) is 5.32 Å². The van der Waals surface area contributed by atoms with Crippen molar-refractivity contribution in [3.8, 4) is 11.5 Å². The molecule has 6 nitrogen and oxygen atoms in total. The van der Waals surface area contributed by atoms with E-state index in [4.69, 9.17) is 4.74 Å². The highest BCUT2D eigenvalue weighted by molar-refractivity contribution is 7.11. The molecule has 0 atom stereocenters. The molecule has 0 aliphatic carbocycles. The number of thiazole rings is 1. The van der Waals surface area contributed by atoms with E-state index in [1.807, 2.05) is 13.0 Å². The second-order valence-electron chi connectivity index (χ2n) is 6.02. The van der Waals surface area contributed by atoms with E-state index in [0.717, 1.165) is 16.3 Å². The van der Waals surface area contributed by atoms with Crippen LogP contribution < -0.4 is 15.4 Å². The summed E-state index contributed by atoms with van der Waals surface area (Å²) in [4.78, 5) is 30.2. The quantitative estimate of drug-likeness (QED) is 0.718. The van der Waals surface area contributed by atoms with Crippen LogP contribution in [0.2, 0.25) is 0 Å². The van der Waals surface area contributed by atoms with Crippen molar-refractivity contribution in [1.29, 1.82) is 0 Å². The maximum Gasteiger partial charge on any atom is 0.259 e. The molecule has 136 valence electrons. The van der Waals surface area contributed by atoms with E-state index >= 15 is 0 Å². The molecule has 0 bridgehead atoms. The van der Waals surface area contributed by atoms with Crippen molar-refractivity contribution < 1.29 is 14.3 Å². The van der Waals surface area contributed by atoms with Crippen LogP contribution in [0.4, 0.5) is 5.69 Å². The van der Waals surface area contributed by atoms with Gasteiger partial charge in [0.05, 0.1) is 22.8 Å². The molecule has 2 heterocycles. The first kappa shape index (κ1) is 17.2. The predicted octanol–water partition coefficient (Wildman–Crippen LogP) is 3.99. The Morgan fingerprint density at radius 1 is 1.22 bits per heavy atom. The van der Waals surface area contributed by atoms with Crippen molar-refractivity contribution in [3.63, 3.8) is 0 Å². The molecule has 1 aromatic heterocycles. The minimum atomic E-state index is -0.265. The molecule has 0 unspecified atom stereocenters. The number of aromatic nitrogens is 1. The Morgan fingerprint density at radius 2 is 2.07 bits per heavy atom. The van der Waals surface area contributed by atoms with E-state index in [9.17, 15) is 9.59 Å². The molecule has 27 heavy (non-hydrogen) atoms. The Morgan fingerprint density at radius 3 is 2.89 bits per heavy atom. The van der Waals surface area contributed by atoms with Gasteiger partial charge in [0.2, 0.25) is 0 Å². The number of carbonyl (C=O) groups excluding carboxylic acids is 2. The molecular formula is C20H17N3O3S. The predicted molar refractivity (Wildman–Crippen MR) is 104 cm³/mol. The van der Waals surface area contributed by atoms with Crippen molar-refractivity contribution in [2.24, 2.45) is 0 Å². The number of hydrogen-bond donors (Lipinski definition) is 2. The van der Waals surface area contributed by atoms with Gasteiger partial charge in [0.25, 0.3) is 11.8 Å². The molecule has 1 aliphatic heterocycles. The average Bonchev–Trinajstić information content (AvgIpc) is 3.10. The van der Waals surface area contributed by atoms with Gasteiger partial charge in [-0.25, -0.2) is 4.98 Å². The number of carbonyl (C=O) groups is 2.